The zero-order valence-electron chi connectivity index (χ0n) is 19.5. The molecule has 3 atom stereocenters. The van der Waals surface area contributed by atoms with E-state index in [1.54, 1.807) is 18.2 Å². The summed E-state index contributed by atoms with van der Waals surface area (Å²) in [6.45, 7) is -3.11. The first-order valence-electron chi connectivity index (χ1n) is 11.4. The normalized spacial score (nSPS) is 19.9. The number of aliphatic hydroxyl groups is 1. The Morgan fingerprint density at radius 2 is 2.05 bits per heavy atom. The van der Waals surface area contributed by atoms with E-state index in [-0.39, 0.29) is 24.1 Å². The van der Waals surface area contributed by atoms with Gasteiger partial charge in [-0.2, -0.15) is 17.2 Å². The molecule has 198 valence electrons. The van der Waals surface area contributed by atoms with Crippen LogP contribution in [-0.2, 0) is 27.3 Å². The maximum atomic E-state index is 13.3. The highest BCUT2D eigenvalue weighted by molar-refractivity contribution is 7.84. The molecule has 0 radical (unpaired) electrons. The van der Waals surface area contributed by atoms with Crippen LogP contribution < -0.4 is 9.88 Å². The summed E-state index contributed by atoms with van der Waals surface area (Å²) in [5, 5.41) is 17.0. The molecule has 3 aromatic rings. The summed E-state index contributed by atoms with van der Waals surface area (Å²) < 4.78 is 56.2. The van der Waals surface area contributed by atoms with Crippen molar-refractivity contribution >= 4 is 27.4 Å². The van der Waals surface area contributed by atoms with Crippen molar-refractivity contribution in [1.29, 1.82) is 0 Å². The zero-order valence-corrected chi connectivity index (χ0v) is 21.1. The largest absolute Gasteiger partial charge is 0.435 e. The number of aliphatic hydroxyl groups excluding tert-OH is 1. The number of nitrogens with zero attached hydrogens (tertiary/aromatic N) is 2. The van der Waals surface area contributed by atoms with Gasteiger partial charge >= 0.3 is 16.9 Å². The highest BCUT2D eigenvalue weighted by atomic mass is 32.2. The minimum Gasteiger partial charge on any atom is -0.435 e. The van der Waals surface area contributed by atoms with Gasteiger partial charge in [-0.1, -0.05) is 12.1 Å². The molecular formula is C24H25F2N3O6S2. The molecule has 4 rings (SSSR count). The van der Waals surface area contributed by atoms with E-state index in [0.29, 0.717) is 41.8 Å². The highest BCUT2D eigenvalue weighted by Gasteiger charge is 2.35. The number of hydrogen-bond acceptors (Lipinski definition) is 9. The van der Waals surface area contributed by atoms with Gasteiger partial charge in [0.05, 0.1) is 28.8 Å². The number of hydrogen-bond donors (Lipinski definition) is 2. The lowest BCUT2D eigenvalue weighted by Gasteiger charge is -2.13. The van der Waals surface area contributed by atoms with Gasteiger partial charge in [0.1, 0.15) is 12.1 Å². The lowest BCUT2D eigenvalue weighted by Crippen LogP contribution is -2.24. The fourth-order valence-corrected chi connectivity index (χ4v) is 5.74. The minimum atomic E-state index is -4.10. The molecule has 2 aromatic heterocycles. The van der Waals surface area contributed by atoms with Crippen LogP contribution in [-0.4, -0.2) is 48.6 Å². The van der Waals surface area contributed by atoms with Gasteiger partial charge in [0.15, 0.2) is 0 Å². The molecule has 1 fully saturated rings. The van der Waals surface area contributed by atoms with Crippen LogP contribution in [0.3, 0.4) is 0 Å². The summed E-state index contributed by atoms with van der Waals surface area (Å²) in [5.74, 6) is -0.601. The minimum absolute atomic E-state index is 0.0350. The van der Waals surface area contributed by atoms with Gasteiger partial charge < -0.3 is 9.84 Å². The fraction of sp³-hybridized carbons (Fsp3) is 0.375. The van der Waals surface area contributed by atoms with Crippen molar-refractivity contribution in [3.8, 4) is 5.75 Å². The Kier molecular flexibility index (Phi) is 8.60. The van der Waals surface area contributed by atoms with Gasteiger partial charge in [-0.05, 0) is 66.3 Å². The zero-order chi connectivity index (χ0) is 26.6. The van der Waals surface area contributed by atoms with Gasteiger partial charge in [0.2, 0.25) is 5.78 Å². The van der Waals surface area contributed by atoms with Gasteiger partial charge in [-0.3, -0.25) is 8.98 Å². The van der Waals surface area contributed by atoms with Crippen LogP contribution in [0.25, 0.3) is 0 Å². The van der Waals surface area contributed by atoms with Crippen LogP contribution in [0.5, 0.6) is 5.75 Å². The smallest absolute Gasteiger partial charge is 0.387 e. The summed E-state index contributed by atoms with van der Waals surface area (Å²) in [7, 11) is -4.10. The van der Waals surface area contributed by atoms with Crippen LogP contribution in [0, 0.1) is 11.8 Å². The third-order valence-electron chi connectivity index (χ3n) is 6.13. The van der Waals surface area contributed by atoms with Crippen molar-refractivity contribution < 1.29 is 36.0 Å². The first kappa shape index (κ1) is 27.2. The Morgan fingerprint density at radius 1 is 1.24 bits per heavy atom. The van der Waals surface area contributed by atoms with E-state index in [4.69, 9.17) is 5.14 Å². The van der Waals surface area contributed by atoms with Gasteiger partial charge in [-0.25, -0.2) is 15.1 Å². The van der Waals surface area contributed by atoms with Gasteiger partial charge in [0, 0.05) is 12.1 Å². The number of nitrogens with two attached hydrogens (primary N) is 1. The molecule has 37 heavy (non-hydrogen) atoms. The van der Waals surface area contributed by atoms with E-state index in [2.05, 4.69) is 18.9 Å². The molecule has 13 heteroatoms. The number of thiophene rings is 1. The van der Waals surface area contributed by atoms with Crippen molar-refractivity contribution in [3.63, 3.8) is 0 Å². The third kappa shape index (κ3) is 7.58. The summed E-state index contributed by atoms with van der Waals surface area (Å²) in [6, 6.07) is 8.16. The Morgan fingerprint density at radius 3 is 2.81 bits per heavy atom. The number of benzene rings is 1. The maximum Gasteiger partial charge on any atom is 0.387 e. The number of ether oxygens (including phenoxy) is 1. The average molecular weight is 554 g/mol. The molecule has 1 saturated carbocycles. The molecular weight excluding hydrogens is 528 g/mol. The maximum absolute atomic E-state index is 13.3. The van der Waals surface area contributed by atoms with E-state index in [1.165, 1.54) is 36.0 Å². The highest BCUT2D eigenvalue weighted by Crippen LogP contribution is 2.34. The van der Waals surface area contributed by atoms with E-state index in [0.717, 1.165) is 11.1 Å². The molecule has 0 spiro atoms. The van der Waals surface area contributed by atoms with Gasteiger partial charge in [0.25, 0.3) is 0 Å². The van der Waals surface area contributed by atoms with E-state index in [1.807, 2.05) is 5.38 Å². The Hall–Kier alpha value is -2.84. The average Bonchev–Trinajstić information content (AvgIpc) is 3.43. The molecule has 0 bridgehead atoms. The molecule has 0 aliphatic heterocycles. The number of halogens is 2. The quantitative estimate of drug-likeness (QED) is 0.345. The predicted molar refractivity (Wildman–Crippen MR) is 131 cm³/mol. The number of carbonyl (C=O) groups is 1. The molecule has 1 aromatic carbocycles. The Balaban J connectivity index is 1.43. The van der Waals surface area contributed by atoms with Crippen LogP contribution >= 0.6 is 11.3 Å². The van der Waals surface area contributed by atoms with Crippen LogP contribution in [0.4, 0.5) is 8.78 Å². The van der Waals surface area contributed by atoms with E-state index >= 15 is 0 Å². The molecule has 0 unspecified atom stereocenters. The standard InChI is InChI=1S/C24H25F2N3O6S2/c25-24(26)35-18-3-1-2-14(6-18)4-16-9-22(36-12-16)23(31)19-10-28-13-29-20(19)7-15-5-17(21(30)8-15)11-34-37(27,32)33/h1-3,6,9-10,12-13,15,17,21,24,30H,4-5,7-8,11H2,(H2,27,32,33)/t15-,17+,21-/m0/s1. The van der Waals surface area contributed by atoms with Crippen molar-refractivity contribution in [2.75, 3.05) is 6.61 Å². The van der Waals surface area contributed by atoms with Crippen molar-refractivity contribution in [1.82, 2.24) is 9.97 Å². The second kappa shape index (κ2) is 11.7. The Labute approximate surface area is 216 Å². The number of alkyl halides is 2. The number of ketones is 1. The first-order valence-corrected chi connectivity index (χ1v) is 13.7. The van der Waals surface area contributed by atoms with E-state index < -0.39 is 28.9 Å². The number of rotatable bonds is 11. The number of aromatic nitrogens is 2. The van der Waals surface area contributed by atoms with Crippen molar-refractivity contribution in [2.24, 2.45) is 17.0 Å². The molecule has 2 heterocycles. The predicted octanol–water partition coefficient (Wildman–Crippen LogP) is 3.11. The fourth-order valence-electron chi connectivity index (χ4n) is 4.51. The molecule has 1 aliphatic carbocycles. The molecule has 0 amide bonds. The third-order valence-corrected chi connectivity index (χ3v) is 7.57. The molecule has 9 nitrogen and oxygen atoms in total. The lowest BCUT2D eigenvalue weighted by molar-refractivity contribution is -0.0498. The monoisotopic (exact) mass is 553 g/mol. The van der Waals surface area contributed by atoms with Crippen molar-refractivity contribution in [3.05, 3.63) is 75.5 Å². The SMILES string of the molecule is NS(=O)(=O)OC[C@H]1C[C@@H](Cc2ncncc2C(=O)c2cc(Cc3cccc(OC(F)F)c3)cs2)C[C@@H]1O. The lowest BCUT2D eigenvalue weighted by atomic mass is 9.96. The summed E-state index contributed by atoms with van der Waals surface area (Å²) >= 11 is 1.27. The van der Waals surface area contributed by atoms with Crippen molar-refractivity contribution in [2.45, 2.75) is 38.4 Å². The van der Waals surface area contributed by atoms with Gasteiger partial charge in [-0.15, -0.1) is 11.3 Å². The summed E-state index contributed by atoms with van der Waals surface area (Å²) in [4.78, 5) is 22.1. The van der Waals surface area contributed by atoms with Crippen LogP contribution in [0.15, 0.2) is 48.2 Å². The van der Waals surface area contributed by atoms with E-state index in [9.17, 15) is 27.1 Å². The molecule has 1 aliphatic rings. The summed E-state index contributed by atoms with van der Waals surface area (Å²) in [6.07, 6.45) is 3.80. The first-order chi connectivity index (χ1) is 17.6. The molecule has 3 N–H and O–H groups in total. The second-order valence-corrected chi connectivity index (χ2v) is 11.0. The summed E-state index contributed by atoms with van der Waals surface area (Å²) in [5.41, 5.74) is 2.50. The topological polar surface area (TPSA) is 142 Å². The molecule has 0 saturated heterocycles. The Bertz CT molecular complexity index is 1350. The van der Waals surface area contributed by atoms with Crippen LogP contribution in [0.1, 0.15) is 44.9 Å². The number of carbonyl (C=O) groups excluding carboxylic acids is 1. The second-order valence-electron chi connectivity index (χ2n) is 8.88. The van der Waals surface area contributed by atoms with Crippen LogP contribution in [0.2, 0.25) is 0 Å².